The first kappa shape index (κ1) is 12.7. The molecule has 3 unspecified atom stereocenters. The Morgan fingerprint density at radius 3 is 2.90 bits per heavy atom. The van der Waals surface area contributed by atoms with Gasteiger partial charge in [0.15, 0.2) is 0 Å². The summed E-state index contributed by atoms with van der Waals surface area (Å²) in [6.07, 6.45) is 7.45. The zero-order valence-corrected chi connectivity index (χ0v) is 13.0. The number of carbonyl (C=O) groups excluding carboxylic acids is 1. The van der Waals surface area contributed by atoms with E-state index in [2.05, 4.69) is 38.3 Å². The second kappa shape index (κ2) is 4.76. The molecular weight excluding hydrogens is 316 g/mol. The molecule has 1 saturated heterocycles. The number of benzene rings is 1. The van der Waals surface area contributed by atoms with Crippen molar-refractivity contribution in [3.8, 4) is 0 Å². The van der Waals surface area contributed by atoms with E-state index in [1.54, 1.807) is 0 Å². The van der Waals surface area contributed by atoms with Gasteiger partial charge in [-0.1, -0.05) is 28.8 Å². The van der Waals surface area contributed by atoms with Crippen LogP contribution in [0, 0.1) is 5.92 Å². The summed E-state index contributed by atoms with van der Waals surface area (Å²) in [5, 5.41) is 3.08. The maximum absolute atomic E-state index is 12.4. The Balaban J connectivity index is 1.79. The fourth-order valence-corrected chi connectivity index (χ4v) is 4.65. The standard InChI is InChI=1S/C16H19BrN2O/c17-11-6-8-14-12(9-11)18-16(20)15-7-5-10-3-1-2-4-13(10)19(14)15/h6,8-10,13,15H,1-5,7H2,(H,18,20). The zero-order chi connectivity index (χ0) is 13.7. The van der Waals surface area contributed by atoms with E-state index in [1.807, 2.05) is 6.07 Å². The predicted octanol–water partition coefficient (Wildman–Crippen LogP) is 3.93. The van der Waals surface area contributed by atoms with Gasteiger partial charge < -0.3 is 10.2 Å². The normalized spacial score (nSPS) is 31.9. The molecule has 1 aliphatic carbocycles. The van der Waals surface area contributed by atoms with Crippen LogP contribution in [0.3, 0.4) is 0 Å². The molecule has 3 atom stereocenters. The topological polar surface area (TPSA) is 32.3 Å². The third-order valence-corrected chi connectivity index (χ3v) is 5.66. The van der Waals surface area contributed by atoms with Crippen LogP contribution < -0.4 is 10.2 Å². The van der Waals surface area contributed by atoms with E-state index < -0.39 is 0 Å². The van der Waals surface area contributed by atoms with Crippen LogP contribution in [0.2, 0.25) is 0 Å². The highest BCUT2D eigenvalue weighted by molar-refractivity contribution is 9.10. The molecule has 106 valence electrons. The van der Waals surface area contributed by atoms with E-state index in [1.165, 1.54) is 37.8 Å². The van der Waals surface area contributed by atoms with Gasteiger partial charge >= 0.3 is 0 Å². The predicted molar refractivity (Wildman–Crippen MR) is 84.0 cm³/mol. The molecule has 1 aromatic carbocycles. The number of halogens is 1. The van der Waals surface area contributed by atoms with Gasteiger partial charge in [0.1, 0.15) is 6.04 Å². The lowest BCUT2D eigenvalue weighted by molar-refractivity contribution is -0.118. The van der Waals surface area contributed by atoms with Crippen LogP contribution in [-0.2, 0) is 4.79 Å². The minimum Gasteiger partial charge on any atom is -0.355 e. The van der Waals surface area contributed by atoms with Gasteiger partial charge in [-0.15, -0.1) is 0 Å². The van der Waals surface area contributed by atoms with Crippen molar-refractivity contribution in [1.29, 1.82) is 0 Å². The molecule has 2 heterocycles. The molecular formula is C16H19BrN2O. The van der Waals surface area contributed by atoms with E-state index in [0.29, 0.717) is 6.04 Å². The first-order chi connectivity index (χ1) is 9.74. The van der Waals surface area contributed by atoms with Crippen LogP contribution >= 0.6 is 15.9 Å². The van der Waals surface area contributed by atoms with Crippen LogP contribution in [0.15, 0.2) is 22.7 Å². The van der Waals surface area contributed by atoms with E-state index in [-0.39, 0.29) is 11.9 Å². The Kier molecular flexibility index (Phi) is 3.02. The van der Waals surface area contributed by atoms with Crippen molar-refractivity contribution in [3.05, 3.63) is 22.7 Å². The van der Waals surface area contributed by atoms with Crippen LogP contribution in [-0.4, -0.2) is 18.0 Å². The number of hydrogen-bond acceptors (Lipinski definition) is 2. The molecule has 3 nitrogen and oxygen atoms in total. The van der Waals surface area contributed by atoms with Gasteiger partial charge in [-0.25, -0.2) is 0 Å². The SMILES string of the molecule is O=C1Nc2cc(Br)ccc2N2C1CCC1CCCCC12. The monoisotopic (exact) mass is 334 g/mol. The summed E-state index contributed by atoms with van der Waals surface area (Å²) in [5.41, 5.74) is 2.18. The highest BCUT2D eigenvalue weighted by atomic mass is 79.9. The highest BCUT2D eigenvalue weighted by Gasteiger charge is 2.44. The van der Waals surface area contributed by atoms with Crippen LogP contribution in [0.25, 0.3) is 0 Å². The van der Waals surface area contributed by atoms with Crippen LogP contribution in [0.1, 0.15) is 38.5 Å². The van der Waals surface area contributed by atoms with Gasteiger partial charge in [-0.2, -0.15) is 0 Å². The van der Waals surface area contributed by atoms with Gasteiger partial charge in [0.2, 0.25) is 5.91 Å². The van der Waals surface area contributed by atoms with Gasteiger partial charge in [0.05, 0.1) is 11.4 Å². The second-order valence-electron chi connectivity index (χ2n) is 6.26. The fraction of sp³-hybridized carbons (Fsp3) is 0.562. The maximum atomic E-state index is 12.4. The molecule has 0 spiro atoms. The second-order valence-corrected chi connectivity index (χ2v) is 7.18. The Morgan fingerprint density at radius 1 is 1.15 bits per heavy atom. The summed E-state index contributed by atoms with van der Waals surface area (Å²) >= 11 is 3.50. The number of anilines is 2. The van der Waals surface area contributed by atoms with Crippen molar-refractivity contribution in [2.75, 3.05) is 10.2 Å². The van der Waals surface area contributed by atoms with Crippen molar-refractivity contribution in [2.24, 2.45) is 5.92 Å². The van der Waals surface area contributed by atoms with Gasteiger partial charge in [-0.3, -0.25) is 4.79 Å². The smallest absolute Gasteiger partial charge is 0.247 e. The molecule has 0 radical (unpaired) electrons. The minimum atomic E-state index is 0.0445. The molecule has 1 N–H and O–H groups in total. The quantitative estimate of drug-likeness (QED) is 0.779. The molecule has 1 amide bonds. The summed E-state index contributed by atoms with van der Waals surface area (Å²) in [5.74, 6) is 0.960. The third kappa shape index (κ3) is 1.88. The van der Waals surface area contributed by atoms with E-state index >= 15 is 0 Å². The lowest BCUT2D eigenvalue weighted by Crippen LogP contribution is -2.58. The molecule has 2 aliphatic heterocycles. The largest absolute Gasteiger partial charge is 0.355 e. The molecule has 4 rings (SSSR count). The van der Waals surface area contributed by atoms with Crippen molar-refractivity contribution >= 4 is 33.2 Å². The first-order valence-electron chi connectivity index (χ1n) is 7.63. The third-order valence-electron chi connectivity index (χ3n) is 5.17. The van der Waals surface area contributed by atoms with Gasteiger partial charge in [0, 0.05) is 10.5 Å². The Bertz CT molecular complexity index is 559. The van der Waals surface area contributed by atoms with Crippen molar-refractivity contribution in [2.45, 2.75) is 50.6 Å². The minimum absolute atomic E-state index is 0.0445. The summed E-state index contributed by atoms with van der Waals surface area (Å²) in [4.78, 5) is 14.8. The molecule has 2 fully saturated rings. The number of piperidine rings is 1. The Labute approximate surface area is 127 Å². The maximum Gasteiger partial charge on any atom is 0.247 e. The van der Waals surface area contributed by atoms with E-state index in [9.17, 15) is 4.79 Å². The Hall–Kier alpha value is -1.03. The summed E-state index contributed by atoms with van der Waals surface area (Å²) in [7, 11) is 0. The number of amides is 1. The number of hydrogen-bond donors (Lipinski definition) is 1. The first-order valence-corrected chi connectivity index (χ1v) is 8.42. The summed E-state index contributed by atoms with van der Waals surface area (Å²) in [6.45, 7) is 0. The number of fused-ring (bicyclic) bond motifs is 5. The number of nitrogens with zero attached hydrogens (tertiary/aromatic N) is 1. The molecule has 0 bridgehead atoms. The zero-order valence-electron chi connectivity index (χ0n) is 11.4. The van der Waals surface area contributed by atoms with Crippen molar-refractivity contribution in [3.63, 3.8) is 0 Å². The van der Waals surface area contributed by atoms with Crippen LogP contribution in [0.5, 0.6) is 0 Å². The molecule has 1 saturated carbocycles. The fourth-order valence-electron chi connectivity index (χ4n) is 4.29. The van der Waals surface area contributed by atoms with Crippen LogP contribution in [0.4, 0.5) is 11.4 Å². The number of rotatable bonds is 0. The number of nitrogens with one attached hydrogen (secondary N) is 1. The molecule has 1 aromatic rings. The lowest BCUT2D eigenvalue weighted by atomic mass is 9.75. The van der Waals surface area contributed by atoms with Crippen molar-refractivity contribution in [1.82, 2.24) is 0 Å². The molecule has 0 aromatic heterocycles. The van der Waals surface area contributed by atoms with E-state index in [4.69, 9.17) is 0 Å². The van der Waals surface area contributed by atoms with Gasteiger partial charge in [0.25, 0.3) is 0 Å². The van der Waals surface area contributed by atoms with E-state index in [0.717, 1.165) is 22.5 Å². The molecule has 20 heavy (non-hydrogen) atoms. The number of carbonyl (C=O) groups is 1. The van der Waals surface area contributed by atoms with Crippen molar-refractivity contribution < 1.29 is 4.79 Å². The van der Waals surface area contributed by atoms with Gasteiger partial charge in [-0.05, 0) is 49.8 Å². The summed E-state index contributed by atoms with van der Waals surface area (Å²) < 4.78 is 1.02. The average Bonchev–Trinajstić information content (AvgIpc) is 2.46. The summed E-state index contributed by atoms with van der Waals surface area (Å²) in [6, 6.07) is 6.87. The Morgan fingerprint density at radius 2 is 2.00 bits per heavy atom. The molecule has 3 aliphatic rings. The highest BCUT2D eigenvalue weighted by Crippen LogP contribution is 2.45. The molecule has 4 heteroatoms. The average molecular weight is 335 g/mol. The lowest BCUT2D eigenvalue weighted by Gasteiger charge is -2.51.